The first kappa shape index (κ1) is 16.5. The third-order valence-corrected chi connectivity index (χ3v) is 3.39. The maximum atomic E-state index is 12.1. The van der Waals surface area contributed by atoms with E-state index in [9.17, 15) is 10.1 Å². The highest BCUT2D eigenvalue weighted by Gasteiger charge is 2.17. The Morgan fingerprint density at radius 3 is 2.96 bits per heavy atom. The number of para-hydroxylation sites is 1. The lowest BCUT2D eigenvalue weighted by Crippen LogP contribution is -2.32. The van der Waals surface area contributed by atoms with Crippen molar-refractivity contribution < 1.29 is 14.3 Å². The van der Waals surface area contributed by atoms with Crippen LogP contribution in [-0.2, 0) is 9.53 Å². The van der Waals surface area contributed by atoms with Crippen LogP contribution in [0.2, 0.25) is 0 Å². The van der Waals surface area contributed by atoms with E-state index in [1.165, 1.54) is 6.08 Å². The second-order valence-electron chi connectivity index (χ2n) is 5.00. The van der Waals surface area contributed by atoms with Gasteiger partial charge in [-0.25, -0.2) is 0 Å². The summed E-state index contributed by atoms with van der Waals surface area (Å²) in [5, 5.41) is 20.5. The number of nitrogens with one attached hydrogen (secondary N) is 1. The molecule has 1 atom stereocenters. The van der Waals surface area contributed by atoms with Crippen molar-refractivity contribution in [1.82, 2.24) is 5.32 Å². The van der Waals surface area contributed by atoms with E-state index in [1.807, 2.05) is 12.1 Å². The van der Waals surface area contributed by atoms with Crippen LogP contribution in [-0.4, -0.2) is 31.8 Å². The van der Waals surface area contributed by atoms with Crippen molar-refractivity contribution in [2.24, 2.45) is 0 Å². The highest BCUT2D eigenvalue weighted by Crippen LogP contribution is 2.21. The Bertz CT molecular complexity index is 664. The average molecular weight is 311 g/mol. The predicted molar refractivity (Wildman–Crippen MR) is 83.1 cm³/mol. The Morgan fingerprint density at radius 2 is 2.26 bits per heavy atom. The van der Waals surface area contributed by atoms with Gasteiger partial charge in [-0.1, -0.05) is 18.2 Å². The molecule has 6 nitrogen and oxygen atoms in total. The number of nitrogens with zero attached hydrogens (tertiary/aromatic N) is 2. The maximum Gasteiger partial charge on any atom is 0.262 e. The number of amides is 1. The maximum absolute atomic E-state index is 12.1. The number of hydrogen-bond donors (Lipinski definition) is 1. The molecule has 1 saturated heterocycles. The molecule has 1 amide bonds. The molecule has 118 valence electrons. The molecule has 0 saturated carbocycles. The fraction of sp³-hybridized carbons (Fsp3) is 0.353. The number of benzene rings is 1. The van der Waals surface area contributed by atoms with Crippen molar-refractivity contribution in [3.63, 3.8) is 0 Å². The topological polar surface area (TPSA) is 95.1 Å². The highest BCUT2D eigenvalue weighted by molar-refractivity contribution is 6.01. The zero-order valence-corrected chi connectivity index (χ0v) is 12.6. The minimum absolute atomic E-state index is 0.0176. The molecular weight excluding hydrogens is 294 g/mol. The highest BCUT2D eigenvalue weighted by atomic mass is 16.5. The fourth-order valence-corrected chi connectivity index (χ4v) is 2.25. The molecule has 6 heteroatoms. The number of ether oxygens (including phenoxy) is 2. The Hall–Kier alpha value is -2.83. The molecule has 0 unspecified atom stereocenters. The first-order valence-corrected chi connectivity index (χ1v) is 7.35. The lowest BCUT2D eigenvalue weighted by Gasteiger charge is -2.10. The van der Waals surface area contributed by atoms with Gasteiger partial charge in [-0.3, -0.25) is 4.79 Å². The smallest absolute Gasteiger partial charge is 0.262 e. The third-order valence-electron chi connectivity index (χ3n) is 3.39. The summed E-state index contributed by atoms with van der Waals surface area (Å²) in [5.74, 6) is 0.00631. The van der Waals surface area contributed by atoms with E-state index in [0.29, 0.717) is 24.5 Å². The molecule has 1 aliphatic heterocycles. The van der Waals surface area contributed by atoms with E-state index in [-0.39, 0.29) is 18.3 Å². The number of hydrogen-bond acceptors (Lipinski definition) is 5. The summed E-state index contributed by atoms with van der Waals surface area (Å²) < 4.78 is 10.7. The van der Waals surface area contributed by atoms with Crippen molar-refractivity contribution in [3.8, 4) is 17.9 Å². The molecular formula is C17H17N3O3. The zero-order chi connectivity index (χ0) is 16.5. The van der Waals surface area contributed by atoms with Gasteiger partial charge in [0, 0.05) is 18.7 Å². The predicted octanol–water partition coefficient (Wildman–Crippen LogP) is 1.79. The summed E-state index contributed by atoms with van der Waals surface area (Å²) in [6.45, 7) is 1.01. The van der Waals surface area contributed by atoms with Gasteiger partial charge in [-0.05, 0) is 25.0 Å². The summed E-state index contributed by atoms with van der Waals surface area (Å²) in [5.41, 5.74) is 0.558. The number of carbonyl (C=O) groups is 1. The summed E-state index contributed by atoms with van der Waals surface area (Å²) in [4.78, 5) is 12.1. The Kier molecular flexibility index (Phi) is 6.17. The van der Waals surface area contributed by atoms with Gasteiger partial charge in [-0.15, -0.1) is 0 Å². The Morgan fingerprint density at radius 1 is 1.43 bits per heavy atom. The molecule has 0 bridgehead atoms. The van der Waals surface area contributed by atoms with Gasteiger partial charge >= 0.3 is 0 Å². The molecule has 1 fully saturated rings. The van der Waals surface area contributed by atoms with Crippen LogP contribution < -0.4 is 10.1 Å². The summed E-state index contributed by atoms with van der Waals surface area (Å²) in [6, 6.07) is 10.7. The van der Waals surface area contributed by atoms with Gasteiger partial charge in [0.25, 0.3) is 5.91 Å². The van der Waals surface area contributed by atoms with Crippen molar-refractivity contribution in [2.45, 2.75) is 18.9 Å². The van der Waals surface area contributed by atoms with Gasteiger partial charge < -0.3 is 14.8 Å². The van der Waals surface area contributed by atoms with E-state index >= 15 is 0 Å². The summed E-state index contributed by atoms with van der Waals surface area (Å²) >= 11 is 0. The van der Waals surface area contributed by atoms with Crippen molar-refractivity contribution in [1.29, 1.82) is 10.5 Å². The van der Waals surface area contributed by atoms with Gasteiger partial charge in [0.05, 0.1) is 6.10 Å². The van der Waals surface area contributed by atoms with Gasteiger partial charge in [-0.2, -0.15) is 10.5 Å². The minimum atomic E-state index is -0.446. The molecule has 1 aliphatic rings. The number of nitriles is 2. The summed E-state index contributed by atoms with van der Waals surface area (Å²) in [6.07, 6.45) is 3.38. The molecule has 1 N–H and O–H groups in total. The lowest BCUT2D eigenvalue weighted by molar-refractivity contribution is -0.117. The second-order valence-corrected chi connectivity index (χ2v) is 5.00. The largest absolute Gasteiger partial charge is 0.478 e. The molecule has 1 heterocycles. The van der Waals surface area contributed by atoms with E-state index in [4.69, 9.17) is 14.7 Å². The Labute approximate surface area is 134 Å². The van der Waals surface area contributed by atoms with Crippen LogP contribution in [0.4, 0.5) is 0 Å². The Balaban J connectivity index is 2.07. The number of rotatable bonds is 6. The molecule has 0 aromatic heterocycles. The molecule has 23 heavy (non-hydrogen) atoms. The van der Waals surface area contributed by atoms with Crippen LogP contribution in [0.3, 0.4) is 0 Å². The van der Waals surface area contributed by atoms with Crippen LogP contribution in [0.25, 0.3) is 6.08 Å². The van der Waals surface area contributed by atoms with Crippen molar-refractivity contribution >= 4 is 12.0 Å². The van der Waals surface area contributed by atoms with E-state index in [0.717, 1.165) is 12.8 Å². The van der Waals surface area contributed by atoms with Crippen LogP contribution >= 0.6 is 0 Å². The van der Waals surface area contributed by atoms with Crippen LogP contribution in [0.1, 0.15) is 18.4 Å². The van der Waals surface area contributed by atoms with Crippen LogP contribution in [0, 0.1) is 22.7 Å². The fourth-order valence-electron chi connectivity index (χ4n) is 2.25. The monoisotopic (exact) mass is 311 g/mol. The molecule has 0 aliphatic carbocycles. The molecule has 0 spiro atoms. The normalized spacial score (nSPS) is 17.1. The van der Waals surface area contributed by atoms with E-state index < -0.39 is 5.91 Å². The van der Waals surface area contributed by atoms with Gasteiger partial charge in [0.2, 0.25) is 0 Å². The van der Waals surface area contributed by atoms with Crippen molar-refractivity contribution in [2.75, 3.05) is 19.8 Å². The van der Waals surface area contributed by atoms with Crippen molar-refractivity contribution in [3.05, 3.63) is 35.4 Å². The molecule has 1 aromatic carbocycles. The average Bonchev–Trinajstić information content (AvgIpc) is 3.10. The quantitative estimate of drug-likeness (QED) is 0.638. The summed E-state index contributed by atoms with van der Waals surface area (Å²) in [7, 11) is 0. The molecule has 0 radical (unpaired) electrons. The lowest BCUT2D eigenvalue weighted by atomic mass is 10.1. The van der Waals surface area contributed by atoms with Gasteiger partial charge in [0.15, 0.2) is 6.61 Å². The van der Waals surface area contributed by atoms with Crippen LogP contribution in [0.5, 0.6) is 5.75 Å². The minimum Gasteiger partial charge on any atom is -0.478 e. The standard InChI is InChI=1S/C17H17N3O3/c18-7-9-23-16-6-2-1-4-13(16)10-14(11-19)17(21)20-12-15-5-3-8-22-15/h1-2,4,6,10,15H,3,5,8-9,12H2,(H,20,21)/b14-10+/t15-/m1/s1. The number of carbonyl (C=O) groups excluding carboxylic acids is 1. The van der Waals surface area contributed by atoms with Crippen LogP contribution in [0.15, 0.2) is 29.8 Å². The molecule has 2 rings (SSSR count). The zero-order valence-electron chi connectivity index (χ0n) is 12.6. The van der Waals surface area contributed by atoms with Gasteiger partial charge in [0.1, 0.15) is 23.5 Å². The SMILES string of the molecule is N#CCOc1ccccc1/C=C(\C#N)C(=O)NC[C@H]1CCCO1. The van der Waals surface area contributed by atoms with E-state index in [2.05, 4.69) is 5.32 Å². The second kappa shape index (κ2) is 8.57. The molecule has 1 aromatic rings. The van der Waals surface area contributed by atoms with E-state index in [1.54, 1.807) is 24.3 Å². The first-order chi connectivity index (χ1) is 11.2. The third kappa shape index (κ3) is 4.84. The first-order valence-electron chi connectivity index (χ1n) is 7.35.